The Kier molecular flexibility index (Phi) is 4.31. The molecule has 1 unspecified atom stereocenters. The summed E-state index contributed by atoms with van der Waals surface area (Å²) >= 11 is 0. The molecule has 0 bridgehead atoms. The van der Waals surface area contributed by atoms with Gasteiger partial charge in [0.15, 0.2) is 0 Å². The molecular weight excluding hydrogens is 190 g/mol. The van der Waals surface area contributed by atoms with Crippen molar-refractivity contribution in [2.75, 3.05) is 0 Å². The molecule has 0 amide bonds. The highest BCUT2D eigenvalue weighted by Gasteiger charge is 2.08. The summed E-state index contributed by atoms with van der Waals surface area (Å²) in [6.07, 6.45) is 1.66. The molecule has 0 radical (unpaired) electrons. The van der Waals surface area contributed by atoms with E-state index < -0.39 is 5.97 Å². The third kappa shape index (κ3) is 4.13. The molecule has 3 nitrogen and oxygen atoms in total. The zero-order valence-electron chi connectivity index (χ0n) is 8.94. The van der Waals surface area contributed by atoms with E-state index in [2.05, 4.69) is 19.1 Å². The van der Waals surface area contributed by atoms with Gasteiger partial charge in [-0.2, -0.15) is 0 Å². The lowest BCUT2D eigenvalue weighted by molar-refractivity contribution is -0.137. The highest BCUT2D eigenvalue weighted by atomic mass is 16.4. The van der Waals surface area contributed by atoms with E-state index in [9.17, 15) is 4.79 Å². The van der Waals surface area contributed by atoms with Crippen molar-refractivity contribution in [3.8, 4) is 0 Å². The molecule has 3 heteroatoms. The lowest BCUT2D eigenvalue weighted by Gasteiger charge is -2.09. The standard InChI is InChI=1S/C12H17NO2/c1-2-9-3-5-10(6-4-9)7-11(13)8-12(14)15/h3-6,11H,2,7-8,13H2,1H3,(H,14,15). The van der Waals surface area contributed by atoms with Crippen molar-refractivity contribution in [2.24, 2.45) is 5.73 Å². The van der Waals surface area contributed by atoms with Gasteiger partial charge in [-0.25, -0.2) is 0 Å². The Morgan fingerprint density at radius 1 is 1.33 bits per heavy atom. The Hall–Kier alpha value is -1.35. The average Bonchev–Trinajstić information content (AvgIpc) is 2.17. The minimum atomic E-state index is -0.840. The topological polar surface area (TPSA) is 63.3 Å². The van der Waals surface area contributed by atoms with E-state index in [0.29, 0.717) is 6.42 Å². The van der Waals surface area contributed by atoms with E-state index in [-0.39, 0.29) is 12.5 Å². The Labute approximate surface area is 89.9 Å². The summed E-state index contributed by atoms with van der Waals surface area (Å²) < 4.78 is 0. The van der Waals surface area contributed by atoms with Gasteiger partial charge in [0.1, 0.15) is 0 Å². The van der Waals surface area contributed by atoms with Gasteiger partial charge < -0.3 is 10.8 Å². The minimum Gasteiger partial charge on any atom is -0.481 e. The molecule has 0 spiro atoms. The van der Waals surface area contributed by atoms with Crippen LogP contribution in [-0.4, -0.2) is 17.1 Å². The van der Waals surface area contributed by atoms with Gasteiger partial charge in [-0.05, 0) is 24.0 Å². The largest absolute Gasteiger partial charge is 0.481 e. The van der Waals surface area contributed by atoms with Crippen LogP contribution in [0.15, 0.2) is 24.3 Å². The van der Waals surface area contributed by atoms with E-state index in [1.807, 2.05) is 12.1 Å². The second-order valence-electron chi connectivity index (χ2n) is 3.73. The first-order chi connectivity index (χ1) is 7.11. The predicted molar refractivity (Wildman–Crippen MR) is 59.8 cm³/mol. The van der Waals surface area contributed by atoms with Crippen molar-refractivity contribution in [3.63, 3.8) is 0 Å². The van der Waals surface area contributed by atoms with Crippen LogP contribution in [-0.2, 0) is 17.6 Å². The molecule has 0 heterocycles. The van der Waals surface area contributed by atoms with Crippen molar-refractivity contribution in [2.45, 2.75) is 32.2 Å². The highest BCUT2D eigenvalue weighted by Crippen LogP contribution is 2.08. The van der Waals surface area contributed by atoms with Crippen LogP contribution in [0.1, 0.15) is 24.5 Å². The molecule has 1 atom stereocenters. The predicted octanol–water partition coefficient (Wildman–Crippen LogP) is 1.59. The monoisotopic (exact) mass is 207 g/mol. The Bertz CT molecular complexity index is 319. The Balaban J connectivity index is 2.53. The van der Waals surface area contributed by atoms with Gasteiger partial charge in [-0.15, -0.1) is 0 Å². The molecule has 0 aromatic heterocycles. The first-order valence-electron chi connectivity index (χ1n) is 5.17. The number of carboxylic acid groups (broad SMARTS) is 1. The maximum absolute atomic E-state index is 10.4. The van der Waals surface area contributed by atoms with Gasteiger partial charge in [0.05, 0.1) is 6.42 Å². The van der Waals surface area contributed by atoms with Crippen LogP contribution in [0.2, 0.25) is 0 Å². The fraction of sp³-hybridized carbons (Fsp3) is 0.417. The molecule has 1 rings (SSSR count). The van der Waals surface area contributed by atoms with Crippen molar-refractivity contribution in [1.82, 2.24) is 0 Å². The quantitative estimate of drug-likeness (QED) is 0.770. The molecule has 1 aromatic rings. The molecule has 0 aliphatic rings. The SMILES string of the molecule is CCc1ccc(CC(N)CC(=O)O)cc1. The van der Waals surface area contributed by atoms with E-state index in [1.165, 1.54) is 5.56 Å². The highest BCUT2D eigenvalue weighted by molar-refractivity contribution is 5.67. The third-order valence-corrected chi connectivity index (χ3v) is 2.37. The number of hydrogen-bond acceptors (Lipinski definition) is 2. The molecule has 1 aromatic carbocycles. The van der Waals surface area contributed by atoms with Crippen LogP contribution < -0.4 is 5.73 Å². The van der Waals surface area contributed by atoms with Gasteiger partial charge in [-0.3, -0.25) is 4.79 Å². The molecule has 0 saturated carbocycles. The number of hydrogen-bond donors (Lipinski definition) is 2. The average molecular weight is 207 g/mol. The second kappa shape index (κ2) is 5.51. The maximum atomic E-state index is 10.4. The fourth-order valence-electron chi connectivity index (χ4n) is 1.51. The number of aliphatic carboxylic acids is 1. The van der Waals surface area contributed by atoms with Crippen LogP contribution in [0, 0.1) is 0 Å². The summed E-state index contributed by atoms with van der Waals surface area (Å²) in [6.45, 7) is 2.10. The van der Waals surface area contributed by atoms with E-state index >= 15 is 0 Å². The van der Waals surface area contributed by atoms with E-state index in [0.717, 1.165) is 12.0 Å². The Morgan fingerprint density at radius 2 is 1.87 bits per heavy atom. The van der Waals surface area contributed by atoms with Crippen molar-refractivity contribution in [3.05, 3.63) is 35.4 Å². The molecular formula is C12H17NO2. The lowest BCUT2D eigenvalue weighted by atomic mass is 10.0. The van der Waals surface area contributed by atoms with Crippen LogP contribution in [0.5, 0.6) is 0 Å². The first kappa shape index (κ1) is 11.7. The zero-order valence-corrected chi connectivity index (χ0v) is 8.94. The number of carbonyl (C=O) groups is 1. The summed E-state index contributed by atoms with van der Waals surface area (Å²) in [7, 11) is 0. The van der Waals surface area contributed by atoms with Gasteiger partial charge >= 0.3 is 5.97 Å². The normalized spacial score (nSPS) is 12.4. The van der Waals surface area contributed by atoms with E-state index in [4.69, 9.17) is 10.8 Å². The maximum Gasteiger partial charge on any atom is 0.304 e. The molecule has 0 aliphatic heterocycles. The number of rotatable bonds is 5. The molecule has 0 saturated heterocycles. The summed E-state index contributed by atoms with van der Waals surface area (Å²) in [5, 5.41) is 8.56. The summed E-state index contributed by atoms with van der Waals surface area (Å²) in [6, 6.07) is 7.85. The molecule has 3 N–H and O–H groups in total. The fourth-order valence-corrected chi connectivity index (χ4v) is 1.51. The van der Waals surface area contributed by atoms with E-state index in [1.54, 1.807) is 0 Å². The third-order valence-electron chi connectivity index (χ3n) is 2.37. The summed E-state index contributed by atoms with van der Waals surface area (Å²) in [5.41, 5.74) is 8.08. The smallest absolute Gasteiger partial charge is 0.304 e. The molecule has 15 heavy (non-hydrogen) atoms. The first-order valence-corrected chi connectivity index (χ1v) is 5.17. The number of aryl methyl sites for hydroxylation is 1. The minimum absolute atomic E-state index is 0.0233. The van der Waals surface area contributed by atoms with Crippen molar-refractivity contribution in [1.29, 1.82) is 0 Å². The molecule has 0 aliphatic carbocycles. The van der Waals surface area contributed by atoms with Gasteiger partial charge in [-0.1, -0.05) is 31.2 Å². The second-order valence-corrected chi connectivity index (χ2v) is 3.73. The summed E-state index contributed by atoms with van der Waals surface area (Å²) in [4.78, 5) is 10.4. The van der Waals surface area contributed by atoms with Gasteiger partial charge in [0.2, 0.25) is 0 Å². The summed E-state index contributed by atoms with van der Waals surface area (Å²) in [5.74, 6) is -0.840. The number of carboxylic acids is 1. The van der Waals surface area contributed by atoms with Gasteiger partial charge in [0, 0.05) is 6.04 Å². The zero-order chi connectivity index (χ0) is 11.3. The molecule has 0 fully saturated rings. The van der Waals surface area contributed by atoms with Crippen LogP contribution in [0.3, 0.4) is 0 Å². The lowest BCUT2D eigenvalue weighted by Crippen LogP contribution is -2.26. The Morgan fingerprint density at radius 3 is 2.33 bits per heavy atom. The van der Waals surface area contributed by atoms with Crippen LogP contribution in [0.4, 0.5) is 0 Å². The number of benzene rings is 1. The van der Waals surface area contributed by atoms with Crippen molar-refractivity contribution < 1.29 is 9.90 Å². The van der Waals surface area contributed by atoms with Crippen molar-refractivity contribution >= 4 is 5.97 Å². The van der Waals surface area contributed by atoms with Crippen LogP contribution >= 0.6 is 0 Å². The van der Waals surface area contributed by atoms with Crippen LogP contribution in [0.25, 0.3) is 0 Å². The molecule has 82 valence electrons. The number of nitrogens with two attached hydrogens (primary N) is 1. The van der Waals surface area contributed by atoms with Gasteiger partial charge in [0.25, 0.3) is 0 Å².